The van der Waals surface area contributed by atoms with Gasteiger partial charge in [-0.2, -0.15) is 0 Å². The second-order valence-electron chi connectivity index (χ2n) is 4.50. The monoisotopic (exact) mass is 276 g/mol. The Morgan fingerprint density at radius 1 is 1.25 bits per heavy atom. The summed E-state index contributed by atoms with van der Waals surface area (Å²) < 4.78 is 0. The van der Waals surface area contributed by atoms with Gasteiger partial charge in [0.05, 0.1) is 0 Å². The van der Waals surface area contributed by atoms with Crippen molar-refractivity contribution in [3.05, 3.63) is 35.9 Å². The first-order chi connectivity index (χ1) is 9.58. The Morgan fingerprint density at radius 2 is 2.05 bits per heavy atom. The Hall–Kier alpha value is -2.30. The molecule has 0 atom stereocenters. The number of carbonyl (C=O) groups excluding carboxylic acids is 1. The van der Waals surface area contributed by atoms with Crippen LogP contribution in [0.2, 0.25) is 0 Å². The van der Waals surface area contributed by atoms with Crippen molar-refractivity contribution in [1.29, 1.82) is 0 Å². The Morgan fingerprint density at radius 3 is 2.75 bits per heavy atom. The van der Waals surface area contributed by atoms with Gasteiger partial charge >= 0.3 is 5.97 Å². The zero-order valence-corrected chi connectivity index (χ0v) is 11.3. The number of unbranched alkanes of at least 4 members (excludes halogenated alkanes) is 2. The maximum atomic E-state index is 11.5. The number of carboxylic acid groups (broad SMARTS) is 1. The fraction of sp³-hybridized carbons (Fsp3) is 0.333. The lowest BCUT2D eigenvalue weighted by Gasteiger charge is -2.01. The van der Waals surface area contributed by atoms with Crippen LogP contribution in [-0.4, -0.2) is 23.5 Å². The van der Waals surface area contributed by atoms with Crippen molar-refractivity contribution in [2.45, 2.75) is 25.7 Å². The predicted molar refractivity (Wildman–Crippen MR) is 79.0 cm³/mol. The minimum Gasteiger partial charge on any atom is -0.481 e. The van der Waals surface area contributed by atoms with E-state index in [2.05, 4.69) is 5.32 Å². The minimum atomic E-state index is -0.779. The van der Waals surface area contributed by atoms with Crippen LogP contribution in [0.15, 0.2) is 30.3 Å². The van der Waals surface area contributed by atoms with E-state index in [0.29, 0.717) is 18.7 Å². The van der Waals surface area contributed by atoms with Gasteiger partial charge in [0.1, 0.15) is 0 Å². The molecule has 4 N–H and O–H groups in total. The van der Waals surface area contributed by atoms with Gasteiger partial charge in [-0.05, 0) is 36.6 Å². The Kier molecular flexibility index (Phi) is 6.89. The van der Waals surface area contributed by atoms with Gasteiger partial charge in [0.2, 0.25) is 5.91 Å². The number of amides is 1. The smallest absolute Gasteiger partial charge is 0.303 e. The van der Waals surface area contributed by atoms with Crippen LogP contribution < -0.4 is 11.1 Å². The topological polar surface area (TPSA) is 92.4 Å². The van der Waals surface area contributed by atoms with Gasteiger partial charge in [-0.3, -0.25) is 9.59 Å². The van der Waals surface area contributed by atoms with E-state index in [1.807, 2.05) is 12.1 Å². The summed E-state index contributed by atoms with van der Waals surface area (Å²) in [5.74, 6) is -0.940. The molecule has 0 spiro atoms. The van der Waals surface area contributed by atoms with Gasteiger partial charge in [0.25, 0.3) is 0 Å². The maximum Gasteiger partial charge on any atom is 0.303 e. The second kappa shape index (κ2) is 8.74. The Labute approximate surface area is 118 Å². The fourth-order valence-electron chi connectivity index (χ4n) is 1.68. The third kappa shape index (κ3) is 7.20. The van der Waals surface area contributed by atoms with Crippen LogP contribution in [0.4, 0.5) is 5.69 Å². The van der Waals surface area contributed by atoms with Gasteiger partial charge in [-0.15, -0.1) is 0 Å². The van der Waals surface area contributed by atoms with Gasteiger partial charge in [0.15, 0.2) is 0 Å². The molecular weight excluding hydrogens is 256 g/mol. The average molecular weight is 276 g/mol. The van der Waals surface area contributed by atoms with Crippen molar-refractivity contribution < 1.29 is 14.7 Å². The zero-order valence-electron chi connectivity index (χ0n) is 11.3. The normalized spacial score (nSPS) is 10.6. The highest BCUT2D eigenvalue weighted by Gasteiger charge is 1.98. The maximum absolute atomic E-state index is 11.5. The number of rotatable bonds is 8. The number of nitrogens with one attached hydrogen (secondary N) is 1. The third-order valence-electron chi connectivity index (χ3n) is 2.70. The van der Waals surface area contributed by atoms with E-state index in [4.69, 9.17) is 10.8 Å². The number of nitrogen functional groups attached to an aromatic ring is 1. The quantitative estimate of drug-likeness (QED) is 0.385. The predicted octanol–water partition coefficient (Wildman–Crippen LogP) is 2.04. The van der Waals surface area contributed by atoms with Crippen LogP contribution in [0.5, 0.6) is 0 Å². The molecule has 0 bridgehead atoms. The summed E-state index contributed by atoms with van der Waals surface area (Å²) in [5.41, 5.74) is 7.17. The second-order valence-corrected chi connectivity index (χ2v) is 4.50. The molecule has 0 unspecified atom stereocenters. The molecule has 0 aliphatic rings. The average Bonchev–Trinajstić information content (AvgIpc) is 2.40. The molecule has 0 aromatic heterocycles. The molecule has 108 valence electrons. The lowest BCUT2D eigenvalue weighted by atomic mass is 10.2. The van der Waals surface area contributed by atoms with E-state index < -0.39 is 5.97 Å². The van der Waals surface area contributed by atoms with Crippen molar-refractivity contribution >= 4 is 23.6 Å². The lowest BCUT2D eigenvalue weighted by molar-refractivity contribution is -0.137. The van der Waals surface area contributed by atoms with Gasteiger partial charge < -0.3 is 16.2 Å². The Balaban J connectivity index is 2.18. The van der Waals surface area contributed by atoms with Crippen LogP contribution >= 0.6 is 0 Å². The molecule has 1 amide bonds. The standard InChI is InChI=1S/C15H20N2O3/c16-13-6-4-5-12(11-13)8-9-14(18)17-10-3-1-2-7-15(19)20/h4-6,8-9,11H,1-3,7,10,16H2,(H,17,18)(H,19,20)/b9-8+. The number of carboxylic acids is 1. The van der Waals surface area contributed by atoms with Crippen molar-refractivity contribution in [3.8, 4) is 0 Å². The van der Waals surface area contributed by atoms with E-state index in [9.17, 15) is 9.59 Å². The SMILES string of the molecule is Nc1cccc(/C=C/C(=O)NCCCCCC(=O)O)c1. The molecule has 0 saturated heterocycles. The third-order valence-corrected chi connectivity index (χ3v) is 2.70. The summed E-state index contributed by atoms with van der Waals surface area (Å²) in [6.07, 6.45) is 5.58. The molecule has 5 nitrogen and oxygen atoms in total. The first-order valence-electron chi connectivity index (χ1n) is 6.61. The molecule has 5 heteroatoms. The van der Waals surface area contributed by atoms with Crippen LogP contribution in [-0.2, 0) is 9.59 Å². The molecule has 1 aromatic carbocycles. The molecule has 0 heterocycles. The van der Waals surface area contributed by atoms with Crippen molar-refractivity contribution in [2.75, 3.05) is 12.3 Å². The fourth-order valence-corrected chi connectivity index (χ4v) is 1.68. The molecule has 0 radical (unpaired) electrons. The largest absolute Gasteiger partial charge is 0.481 e. The minimum absolute atomic E-state index is 0.161. The van der Waals surface area contributed by atoms with E-state index in [0.717, 1.165) is 18.4 Å². The molecule has 1 rings (SSSR count). The van der Waals surface area contributed by atoms with E-state index in [-0.39, 0.29) is 12.3 Å². The number of carbonyl (C=O) groups is 2. The summed E-state index contributed by atoms with van der Waals surface area (Å²) in [5, 5.41) is 11.2. The molecule has 0 aliphatic heterocycles. The zero-order chi connectivity index (χ0) is 14.8. The molecule has 0 aliphatic carbocycles. The summed E-state index contributed by atoms with van der Waals surface area (Å²) in [6, 6.07) is 7.27. The van der Waals surface area contributed by atoms with E-state index in [1.54, 1.807) is 18.2 Å². The van der Waals surface area contributed by atoms with E-state index in [1.165, 1.54) is 6.08 Å². The summed E-state index contributed by atoms with van der Waals surface area (Å²) in [6.45, 7) is 0.555. The number of aliphatic carboxylic acids is 1. The lowest BCUT2D eigenvalue weighted by Crippen LogP contribution is -2.22. The number of nitrogens with two attached hydrogens (primary N) is 1. The van der Waals surface area contributed by atoms with Gasteiger partial charge in [-0.25, -0.2) is 0 Å². The van der Waals surface area contributed by atoms with Crippen LogP contribution in [0.1, 0.15) is 31.2 Å². The summed E-state index contributed by atoms with van der Waals surface area (Å²) in [4.78, 5) is 21.8. The molecule has 0 fully saturated rings. The van der Waals surface area contributed by atoms with E-state index >= 15 is 0 Å². The molecule has 20 heavy (non-hydrogen) atoms. The van der Waals surface area contributed by atoms with Crippen LogP contribution in [0.3, 0.4) is 0 Å². The first-order valence-corrected chi connectivity index (χ1v) is 6.61. The van der Waals surface area contributed by atoms with Crippen LogP contribution in [0.25, 0.3) is 6.08 Å². The van der Waals surface area contributed by atoms with Crippen molar-refractivity contribution in [3.63, 3.8) is 0 Å². The highest BCUT2D eigenvalue weighted by molar-refractivity contribution is 5.91. The van der Waals surface area contributed by atoms with Gasteiger partial charge in [-0.1, -0.05) is 18.6 Å². The van der Waals surface area contributed by atoms with Gasteiger partial charge in [0, 0.05) is 24.7 Å². The highest BCUT2D eigenvalue weighted by Crippen LogP contribution is 2.07. The first kappa shape index (κ1) is 15.8. The molecule has 1 aromatic rings. The highest BCUT2D eigenvalue weighted by atomic mass is 16.4. The Bertz CT molecular complexity index is 484. The number of hydrogen-bond donors (Lipinski definition) is 3. The summed E-state index contributed by atoms with van der Waals surface area (Å²) in [7, 11) is 0. The molecule has 0 saturated carbocycles. The van der Waals surface area contributed by atoms with Crippen molar-refractivity contribution in [2.24, 2.45) is 0 Å². The number of hydrogen-bond acceptors (Lipinski definition) is 3. The number of benzene rings is 1. The van der Waals surface area contributed by atoms with Crippen LogP contribution in [0, 0.1) is 0 Å². The summed E-state index contributed by atoms with van der Waals surface area (Å²) >= 11 is 0. The van der Waals surface area contributed by atoms with Crippen molar-refractivity contribution in [1.82, 2.24) is 5.32 Å². The number of anilines is 1. The molecular formula is C15H20N2O3.